The fourth-order valence-corrected chi connectivity index (χ4v) is 1.02. The average molecular weight is 191 g/mol. The lowest BCUT2D eigenvalue weighted by atomic mass is 10.1. The van der Waals surface area contributed by atoms with Gasteiger partial charge in [-0.25, -0.2) is 0 Å². The summed E-state index contributed by atoms with van der Waals surface area (Å²) in [7, 11) is 0. The second-order valence-corrected chi connectivity index (χ2v) is 2.94. The van der Waals surface area contributed by atoms with E-state index in [1.165, 1.54) is 25.7 Å². The topological polar surface area (TPSA) is 35.8 Å². The quantitative estimate of drug-likeness (QED) is 0.516. The van der Waals surface area contributed by atoms with Gasteiger partial charge in [0, 0.05) is 6.04 Å². The molecule has 1 atom stereocenters. The van der Waals surface area contributed by atoms with Crippen molar-refractivity contribution in [2.24, 2.45) is 0 Å². The molecule has 0 saturated heterocycles. The third-order valence-corrected chi connectivity index (χ3v) is 1.77. The Morgan fingerprint density at radius 2 is 2.08 bits per heavy atom. The lowest BCUT2D eigenvalue weighted by Gasteiger charge is -2.09. The smallest absolute Gasteiger partial charge is 0.0842 e. The second kappa shape index (κ2) is 10.7. The predicted molar refractivity (Wildman–Crippen MR) is 54.5 cm³/mol. The molecule has 0 saturated carbocycles. The third kappa shape index (κ3) is 9.74. The van der Waals surface area contributed by atoms with Crippen LogP contribution < -0.4 is 5.32 Å². The summed E-state index contributed by atoms with van der Waals surface area (Å²) in [6, 6.07) is 2.58. The van der Waals surface area contributed by atoms with Gasteiger partial charge in [0.05, 0.1) is 12.6 Å². The highest BCUT2D eigenvalue weighted by Crippen LogP contribution is 2.01. The maximum atomic E-state index is 8.27. The van der Waals surface area contributed by atoms with E-state index in [1.54, 1.807) is 0 Å². The van der Waals surface area contributed by atoms with E-state index in [0.717, 1.165) is 0 Å². The molecule has 0 spiro atoms. The van der Waals surface area contributed by atoms with Crippen LogP contribution >= 0.6 is 12.4 Å². The largest absolute Gasteiger partial charge is 0.302 e. The average Bonchev–Trinajstić information content (AvgIpc) is 2.01. The molecule has 2 nitrogen and oxygen atoms in total. The van der Waals surface area contributed by atoms with Crippen molar-refractivity contribution in [1.29, 1.82) is 5.26 Å². The molecule has 72 valence electrons. The van der Waals surface area contributed by atoms with Gasteiger partial charge >= 0.3 is 0 Å². The number of unbranched alkanes of at least 4 members (excludes halogenated alkanes) is 2. The second-order valence-electron chi connectivity index (χ2n) is 2.94. The Bertz CT molecular complexity index is 120. The Labute approximate surface area is 81.8 Å². The van der Waals surface area contributed by atoms with Gasteiger partial charge in [-0.15, -0.1) is 12.4 Å². The van der Waals surface area contributed by atoms with Crippen LogP contribution in [-0.2, 0) is 0 Å². The molecule has 0 aromatic heterocycles. The van der Waals surface area contributed by atoms with E-state index in [4.69, 9.17) is 5.26 Å². The van der Waals surface area contributed by atoms with Crippen LogP contribution in [0.25, 0.3) is 0 Å². The number of halogens is 1. The summed E-state index contributed by atoms with van der Waals surface area (Å²) in [5, 5.41) is 11.4. The zero-order valence-electron chi connectivity index (χ0n) is 7.97. The van der Waals surface area contributed by atoms with Crippen LogP contribution in [0.1, 0.15) is 39.5 Å². The number of nitrogens with one attached hydrogen (secondary N) is 1. The van der Waals surface area contributed by atoms with E-state index in [2.05, 4.69) is 25.2 Å². The molecule has 0 rings (SSSR count). The van der Waals surface area contributed by atoms with Gasteiger partial charge in [-0.1, -0.05) is 26.2 Å². The molecule has 0 radical (unpaired) electrons. The minimum absolute atomic E-state index is 0. The maximum absolute atomic E-state index is 8.27. The van der Waals surface area contributed by atoms with Gasteiger partial charge < -0.3 is 5.32 Å². The lowest BCUT2D eigenvalue weighted by molar-refractivity contribution is 0.511. The Morgan fingerprint density at radius 1 is 1.42 bits per heavy atom. The minimum Gasteiger partial charge on any atom is -0.302 e. The number of nitrogens with zero attached hydrogens (tertiary/aromatic N) is 1. The van der Waals surface area contributed by atoms with Gasteiger partial charge in [-0.05, 0) is 13.3 Å². The van der Waals surface area contributed by atoms with Gasteiger partial charge in [0.1, 0.15) is 0 Å². The highest BCUT2D eigenvalue weighted by atomic mass is 35.5. The van der Waals surface area contributed by atoms with Gasteiger partial charge in [-0.3, -0.25) is 0 Å². The fraction of sp³-hybridized carbons (Fsp3) is 0.889. The molecule has 0 aromatic rings. The molecule has 1 unspecified atom stereocenters. The Morgan fingerprint density at radius 3 is 2.58 bits per heavy atom. The molecule has 0 aliphatic heterocycles. The van der Waals surface area contributed by atoms with E-state index < -0.39 is 0 Å². The van der Waals surface area contributed by atoms with Crippen molar-refractivity contribution in [1.82, 2.24) is 5.32 Å². The molecule has 0 bridgehead atoms. The fourth-order valence-electron chi connectivity index (χ4n) is 1.02. The molecule has 12 heavy (non-hydrogen) atoms. The highest BCUT2D eigenvalue weighted by molar-refractivity contribution is 5.85. The summed E-state index contributed by atoms with van der Waals surface area (Å²) in [6.07, 6.45) is 5.04. The minimum atomic E-state index is 0. The Balaban J connectivity index is 0. The van der Waals surface area contributed by atoms with E-state index in [1.807, 2.05) is 0 Å². The SMILES string of the molecule is CCCCCC(C)NCC#N.Cl. The van der Waals surface area contributed by atoms with Crippen molar-refractivity contribution in [2.75, 3.05) is 6.54 Å². The predicted octanol–water partition coefficient (Wildman–Crippen LogP) is 2.49. The summed E-state index contributed by atoms with van der Waals surface area (Å²) in [6.45, 7) is 4.81. The van der Waals surface area contributed by atoms with Gasteiger partial charge in [-0.2, -0.15) is 5.26 Å². The summed E-state index contributed by atoms with van der Waals surface area (Å²) in [5.74, 6) is 0. The van der Waals surface area contributed by atoms with Gasteiger partial charge in [0.25, 0.3) is 0 Å². The molecule has 0 amide bonds. The van der Waals surface area contributed by atoms with Crippen LogP contribution in [0.3, 0.4) is 0 Å². The van der Waals surface area contributed by atoms with E-state index >= 15 is 0 Å². The van der Waals surface area contributed by atoms with E-state index in [9.17, 15) is 0 Å². The number of hydrogen-bond acceptors (Lipinski definition) is 2. The number of hydrogen-bond donors (Lipinski definition) is 1. The molecule has 0 aromatic carbocycles. The van der Waals surface area contributed by atoms with Crippen LogP contribution in [0.15, 0.2) is 0 Å². The van der Waals surface area contributed by atoms with Crippen molar-refractivity contribution >= 4 is 12.4 Å². The maximum Gasteiger partial charge on any atom is 0.0842 e. The molecular formula is C9H19ClN2. The molecule has 0 heterocycles. The first-order valence-electron chi connectivity index (χ1n) is 4.41. The third-order valence-electron chi connectivity index (χ3n) is 1.77. The van der Waals surface area contributed by atoms with Crippen LogP contribution in [0.4, 0.5) is 0 Å². The molecule has 0 fully saturated rings. The van der Waals surface area contributed by atoms with Crippen molar-refractivity contribution in [3.05, 3.63) is 0 Å². The summed E-state index contributed by atoms with van der Waals surface area (Å²) >= 11 is 0. The van der Waals surface area contributed by atoms with Crippen molar-refractivity contribution in [2.45, 2.75) is 45.6 Å². The van der Waals surface area contributed by atoms with Crippen molar-refractivity contribution in [3.8, 4) is 6.07 Å². The van der Waals surface area contributed by atoms with Crippen LogP contribution in [0, 0.1) is 11.3 Å². The first-order valence-corrected chi connectivity index (χ1v) is 4.41. The lowest BCUT2D eigenvalue weighted by Crippen LogP contribution is -2.25. The number of nitriles is 1. The highest BCUT2D eigenvalue weighted by Gasteiger charge is 1.98. The zero-order valence-corrected chi connectivity index (χ0v) is 8.78. The summed E-state index contributed by atoms with van der Waals surface area (Å²) in [5.41, 5.74) is 0. The van der Waals surface area contributed by atoms with Crippen LogP contribution in [0.5, 0.6) is 0 Å². The standard InChI is InChI=1S/C9H18N2.ClH/c1-3-4-5-6-9(2)11-8-7-10;/h9,11H,3-6,8H2,1-2H3;1H. The zero-order chi connectivity index (χ0) is 8.53. The summed E-state index contributed by atoms with van der Waals surface area (Å²) < 4.78 is 0. The van der Waals surface area contributed by atoms with Crippen molar-refractivity contribution in [3.63, 3.8) is 0 Å². The van der Waals surface area contributed by atoms with E-state index in [0.29, 0.717) is 12.6 Å². The Hall–Kier alpha value is -0.260. The molecule has 0 aliphatic rings. The molecular weight excluding hydrogens is 172 g/mol. The Kier molecular flexibility index (Phi) is 12.8. The van der Waals surface area contributed by atoms with Crippen LogP contribution in [-0.4, -0.2) is 12.6 Å². The number of rotatable bonds is 6. The van der Waals surface area contributed by atoms with Crippen LogP contribution in [0.2, 0.25) is 0 Å². The first kappa shape index (κ1) is 14.3. The monoisotopic (exact) mass is 190 g/mol. The van der Waals surface area contributed by atoms with Crippen molar-refractivity contribution < 1.29 is 0 Å². The normalized spacial score (nSPS) is 11.4. The van der Waals surface area contributed by atoms with Gasteiger partial charge in [0.15, 0.2) is 0 Å². The molecule has 1 N–H and O–H groups in total. The first-order chi connectivity index (χ1) is 5.31. The van der Waals surface area contributed by atoms with Gasteiger partial charge in [0.2, 0.25) is 0 Å². The molecule has 3 heteroatoms. The van der Waals surface area contributed by atoms with E-state index in [-0.39, 0.29) is 12.4 Å². The molecule has 0 aliphatic carbocycles. The summed E-state index contributed by atoms with van der Waals surface area (Å²) in [4.78, 5) is 0.